The third-order valence-electron chi connectivity index (χ3n) is 3.38. The van der Waals surface area contributed by atoms with Crippen LogP contribution in [0, 0.1) is 0 Å². The molecule has 1 aliphatic heterocycles. The summed E-state index contributed by atoms with van der Waals surface area (Å²) in [6.07, 6.45) is 4.88. The van der Waals surface area contributed by atoms with Gasteiger partial charge in [0.25, 0.3) is 0 Å². The Morgan fingerprint density at radius 3 is 3.00 bits per heavy atom. The van der Waals surface area contributed by atoms with Crippen LogP contribution >= 0.6 is 11.6 Å². The molecule has 0 saturated carbocycles. The van der Waals surface area contributed by atoms with Crippen molar-refractivity contribution in [1.29, 1.82) is 0 Å². The summed E-state index contributed by atoms with van der Waals surface area (Å²) in [5.74, 6) is 0. The largest absolute Gasteiger partial charge is 0.380 e. The molecule has 0 radical (unpaired) electrons. The average Bonchev–Trinajstić information content (AvgIpc) is 2.35. The van der Waals surface area contributed by atoms with Crippen LogP contribution in [-0.2, 0) is 17.8 Å². The van der Waals surface area contributed by atoms with Gasteiger partial charge in [0.1, 0.15) is 0 Å². The highest BCUT2D eigenvalue weighted by molar-refractivity contribution is 6.31. The van der Waals surface area contributed by atoms with Gasteiger partial charge in [-0.3, -0.25) is 0 Å². The topological polar surface area (TPSA) is 21.3 Å². The zero-order chi connectivity index (χ0) is 12.1. The van der Waals surface area contributed by atoms with E-state index in [9.17, 15) is 0 Å². The van der Waals surface area contributed by atoms with E-state index in [1.54, 1.807) is 7.11 Å². The minimum atomic E-state index is 0.569. The van der Waals surface area contributed by atoms with Crippen molar-refractivity contribution in [2.75, 3.05) is 13.7 Å². The van der Waals surface area contributed by atoms with E-state index < -0.39 is 0 Å². The van der Waals surface area contributed by atoms with Crippen LogP contribution in [0.4, 0.5) is 0 Å². The summed E-state index contributed by atoms with van der Waals surface area (Å²) in [6.45, 7) is 1.78. The minimum absolute atomic E-state index is 0.569. The summed E-state index contributed by atoms with van der Waals surface area (Å²) in [5.41, 5.74) is 2.46. The third-order valence-corrected chi connectivity index (χ3v) is 3.73. The Morgan fingerprint density at radius 2 is 2.29 bits per heavy atom. The molecule has 1 aromatic rings. The number of ether oxygens (including phenoxy) is 1. The molecule has 0 aliphatic carbocycles. The Morgan fingerprint density at radius 1 is 1.41 bits per heavy atom. The maximum Gasteiger partial charge on any atom is 0.0716 e. The quantitative estimate of drug-likeness (QED) is 0.890. The molecular formula is C14H20ClNO. The van der Waals surface area contributed by atoms with E-state index in [4.69, 9.17) is 16.3 Å². The molecule has 2 nitrogen and oxygen atoms in total. The lowest BCUT2D eigenvalue weighted by atomic mass is 9.95. The molecule has 1 atom stereocenters. The number of rotatable bonds is 4. The minimum Gasteiger partial charge on any atom is -0.380 e. The molecule has 1 aliphatic rings. The molecular weight excluding hydrogens is 234 g/mol. The summed E-state index contributed by atoms with van der Waals surface area (Å²) in [4.78, 5) is 0. The standard InChI is InChI=1S/C14H20ClNO/c1-17-10-11-5-4-7-14(15)13(11)9-12-6-2-3-8-16-12/h4-5,7,12,16H,2-3,6,8-10H2,1H3. The van der Waals surface area contributed by atoms with E-state index in [0.717, 1.165) is 18.0 Å². The van der Waals surface area contributed by atoms with E-state index >= 15 is 0 Å². The highest BCUT2D eigenvalue weighted by atomic mass is 35.5. The maximum absolute atomic E-state index is 6.30. The molecule has 1 fully saturated rings. The smallest absolute Gasteiger partial charge is 0.0716 e. The normalized spacial score (nSPS) is 20.5. The fourth-order valence-electron chi connectivity index (χ4n) is 2.47. The lowest BCUT2D eigenvalue weighted by Crippen LogP contribution is -2.35. The maximum atomic E-state index is 6.30. The van der Waals surface area contributed by atoms with Gasteiger partial charge in [-0.1, -0.05) is 30.2 Å². The summed E-state index contributed by atoms with van der Waals surface area (Å²) >= 11 is 6.30. The number of hydrogen-bond donors (Lipinski definition) is 1. The van der Waals surface area contributed by atoms with Gasteiger partial charge in [0, 0.05) is 18.2 Å². The zero-order valence-corrected chi connectivity index (χ0v) is 11.1. The van der Waals surface area contributed by atoms with Gasteiger partial charge in [0.2, 0.25) is 0 Å². The average molecular weight is 254 g/mol. The number of methoxy groups -OCH3 is 1. The molecule has 3 heteroatoms. The van der Waals surface area contributed by atoms with Crippen LogP contribution in [0.3, 0.4) is 0 Å². The van der Waals surface area contributed by atoms with Crippen molar-refractivity contribution >= 4 is 11.6 Å². The molecule has 17 heavy (non-hydrogen) atoms. The van der Waals surface area contributed by atoms with Crippen molar-refractivity contribution in [2.24, 2.45) is 0 Å². The zero-order valence-electron chi connectivity index (χ0n) is 10.3. The number of nitrogens with one attached hydrogen (secondary N) is 1. The molecule has 1 aromatic carbocycles. The Hall–Kier alpha value is -0.570. The molecule has 1 N–H and O–H groups in total. The van der Waals surface area contributed by atoms with Gasteiger partial charge in [0.15, 0.2) is 0 Å². The molecule has 1 unspecified atom stereocenters. The lowest BCUT2D eigenvalue weighted by Gasteiger charge is -2.25. The molecule has 0 bridgehead atoms. The first-order valence-electron chi connectivity index (χ1n) is 6.30. The first-order valence-corrected chi connectivity index (χ1v) is 6.67. The van der Waals surface area contributed by atoms with Crippen molar-refractivity contribution in [3.63, 3.8) is 0 Å². The van der Waals surface area contributed by atoms with Crippen LogP contribution < -0.4 is 5.32 Å². The predicted molar refractivity (Wildman–Crippen MR) is 71.5 cm³/mol. The van der Waals surface area contributed by atoms with E-state index in [-0.39, 0.29) is 0 Å². The van der Waals surface area contributed by atoms with Crippen LogP contribution in [0.15, 0.2) is 18.2 Å². The third kappa shape index (κ3) is 3.44. The molecule has 1 heterocycles. The molecule has 2 rings (SSSR count). The molecule has 0 aromatic heterocycles. The van der Waals surface area contributed by atoms with Gasteiger partial charge in [-0.15, -0.1) is 0 Å². The SMILES string of the molecule is COCc1cccc(Cl)c1CC1CCCCN1. The van der Waals surface area contributed by atoms with Gasteiger partial charge in [0.05, 0.1) is 6.61 Å². The Balaban J connectivity index is 2.12. The van der Waals surface area contributed by atoms with Crippen molar-refractivity contribution in [1.82, 2.24) is 5.32 Å². The summed E-state index contributed by atoms with van der Waals surface area (Å²) in [6, 6.07) is 6.64. The van der Waals surface area contributed by atoms with E-state index in [1.165, 1.54) is 30.4 Å². The predicted octanol–water partition coefficient (Wildman–Crippen LogP) is 3.17. The van der Waals surface area contributed by atoms with Crippen molar-refractivity contribution in [3.05, 3.63) is 34.3 Å². The van der Waals surface area contributed by atoms with Crippen LogP contribution in [-0.4, -0.2) is 19.7 Å². The van der Waals surface area contributed by atoms with Gasteiger partial charge in [-0.2, -0.15) is 0 Å². The summed E-state index contributed by atoms with van der Waals surface area (Å²) in [5, 5.41) is 4.43. The van der Waals surface area contributed by atoms with Crippen molar-refractivity contribution in [2.45, 2.75) is 38.3 Å². The fraction of sp³-hybridized carbons (Fsp3) is 0.571. The van der Waals surface area contributed by atoms with Crippen LogP contribution in [0.2, 0.25) is 5.02 Å². The van der Waals surface area contributed by atoms with Gasteiger partial charge in [-0.05, 0) is 43.0 Å². The Labute approximate surface area is 108 Å². The summed E-state index contributed by atoms with van der Waals surface area (Å²) < 4.78 is 5.23. The second kappa shape index (κ2) is 6.39. The van der Waals surface area contributed by atoms with Crippen molar-refractivity contribution < 1.29 is 4.74 Å². The molecule has 1 saturated heterocycles. The molecule has 0 spiro atoms. The number of halogens is 1. The van der Waals surface area contributed by atoms with Crippen LogP contribution in [0.5, 0.6) is 0 Å². The first kappa shape index (κ1) is 12.9. The molecule has 94 valence electrons. The number of hydrogen-bond acceptors (Lipinski definition) is 2. The van der Waals surface area contributed by atoms with Crippen LogP contribution in [0.1, 0.15) is 30.4 Å². The van der Waals surface area contributed by atoms with Gasteiger partial charge >= 0.3 is 0 Å². The Kier molecular flexibility index (Phi) is 4.84. The number of benzene rings is 1. The lowest BCUT2D eigenvalue weighted by molar-refractivity contribution is 0.184. The highest BCUT2D eigenvalue weighted by Gasteiger charge is 2.16. The second-order valence-corrected chi connectivity index (χ2v) is 5.07. The van der Waals surface area contributed by atoms with E-state index in [2.05, 4.69) is 11.4 Å². The van der Waals surface area contributed by atoms with Crippen LogP contribution in [0.25, 0.3) is 0 Å². The number of piperidine rings is 1. The highest BCUT2D eigenvalue weighted by Crippen LogP contribution is 2.24. The second-order valence-electron chi connectivity index (χ2n) is 4.66. The summed E-state index contributed by atoms with van der Waals surface area (Å²) in [7, 11) is 1.73. The monoisotopic (exact) mass is 253 g/mol. The van der Waals surface area contributed by atoms with Crippen molar-refractivity contribution in [3.8, 4) is 0 Å². The van der Waals surface area contributed by atoms with Gasteiger partial charge in [-0.25, -0.2) is 0 Å². The van der Waals surface area contributed by atoms with E-state index in [1.807, 2.05) is 12.1 Å². The van der Waals surface area contributed by atoms with E-state index in [0.29, 0.717) is 12.6 Å². The Bertz CT molecular complexity index is 361. The first-order chi connectivity index (χ1) is 8.31. The molecule has 0 amide bonds. The van der Waals surface area contributed by atoms with Gasteiger partial charge < -0.3 is 10.1 Å². The fourth-order valence-corrected chi connectivity index (χ4v) is 2.74.